The standard InChI is InChI=1S/C21H26F3N5O4S/c1-11(2)17-18-26-14-7-12(10-30)16(34(4,31)32)8-15(14)28(18)5-6-29(17)20-25-9-13(21(22,23)24)19(27-20)33-3/h7-9,11,17-18,26,30H,5-6,10H2,1-4H3/t17?,18-/m1/s1. The van der Waals surface area contributed by atoms with Gasteiger partial charge in [-0.2, -0.15) is 18.2 Å². The van der Waals surface area contributed by atoms with Gasteiger partial charge in [-0.25, -0.2) is 13.4 Å². The molecule has 34 heavy (non-hydrogen) atoms. The maximum absolute atomic E-state index is 13.3. The molecule has 0 radical (unpaired) electrons. The Morgan fingerprint density at radius 1 is 1.26 bits per heavy atom. The maximum atomic E-state index is 13.3. The molecule has 3 heterocycles. The van der Waals surface area contributed by atoms with E-state index >= 15 is 0 Å². The summed E-state index contributed by atoms with van der Waals surface area (Å²) in [4.78, 5) is 12.0. The molecule has 0 amide bonds. The molecule has 13 heteroatoms. The molecule has 1 fully saturated rings. The fourth-order valence-corrected chi connectivity index (χ4v) is 5.62. The third kappa shape index (κ3) is 4.11. The molecule has 0 bridgehead atoms. The number of sulfone groups is 1. The van der Waals surface area contributed by atoms with Gasteiger partial charge in [0.25, 0.3) is 0 Å². The lowest BCUT2D eigenvalue weighted by Crippen LogP contribution is -2.63. The smallest absolute Gasteiger partial charge is 0.423 e. The molecule has 4 rings (SSSR count). The number of nitrogens with one attached hydrogen (secondary N) is 1. The van der Waals surface area contributed by atoms with Crippen molar-refractivity contribution < 1.29 is 31.4 Å². The van der Waals surface area contributed by atoms with Crippen LogP contribution >= 0.6 is 0 Å². The van der Waals surface area contributed by atoms with Crippen LogP contribution in [-0.4, -0.2) is 62.2 Å². The molecule has 186 valence electrons. The first-order valence-electron chi connectivity index (χ1n) is 10.6. The first-order chi connectivity index (χ1) is 15.9. The van der Waals surface area contributed by atoms with Gasteiger partial charge in [0.05, 0.1) is 36.0 Å². The summed E-state index contributed by atoms with van der Waals surface area (Å²) in [5.41, 5.74) is 0.621. The van der Waals surface area contributed by atoms with Gasteiger partial charge in [0.15, 0.2) is 9.84 Å². The Labute approximate surface area is 195 Å². The van der Waals surface area contributed by atoms with Gasteiger partial charge in [0.2, 0.25) is 11.8 Å². The Bertz CT molecular complexity index is 1210. The zero-order chi connectivity index (χ0) is 25.0. The van der Waals surface area contributed by atoms with E-state index in [1.807, 2.05) is 23.6 Å². The van der Waals surface area contributed by atoms with E-state index in [1.54, 1.807) is 12.1 Å². The summed E-state index contributed by atoms with van der Waals surface area (Å²) < 4.78 is 69.3. The second-order valence-electron chi connectivity index (χ2n) is 8.71. The molecule has 1 aromatic carbocycles. The number of benzene rings is 1. The molecule has 0 saturated carbocycles. The summed E-state index contributed by atoms with van der Waals surface area (Å²) in [6, 6.07) is 2.93. The van der Waals surface area contributed by atoms with E-state index in [1.165, 1.54) is 0 Å². The number of ether oxygens (including phenoxy) is 1. The monoisotopic (exact) mass is 501 g/mol. The van der Waals surface area contributed by atoms with E-state index in [0.717, 1.165) is 19.6 Å². The number of nitrogens with zero attached hydrogens (tertiary/aromatic N) is 4. The molecule has 9 nitrogen and oxygen atoms in total. The predicted octanol–water partition coefficient (Wildman–Crippen LogP) is 2.50. The quantitative estimate of drug-likeness (QED) is 0.639. The Morgan fingerprint density at radius 2 is 1.94 bits per heavy atom. The molecule has 2 aliphatic heterocycles. The van der Waals surface area contributed by atoms with Crippen LogP contribution in [0.3, 0.4) is 0 Å². The highest BCUT2D eigenvalue weighted by atomic mass is 32.2. The van der Waals surface area contributed by atoms with E-state index in [-0.39, 0.29) is 29.0 Å². The number of methoxy groups -OCH3 is 1. The highest BCUT2D eigenvalue weighted by Gasteiger charge is 2.45. The average Bonchev–Trinajstić information content (AvgIpc) is 3.13. The third-order valence-corrected chi connectivity index (χ3v) is 7.32. The lowest BCUT2D eigenvalue weighted by Gasteiger charge is -2.47. The largest absolute Gasteiger partial charge is 0.480 e. The van der Waals surface area contributed by atoms with Crippen molar-refractivity contribution in [3.8, 4) is 5.88 Å². The van der Waals surface area contributed by atoms with Crippen molar-refractivity contribution in [2.45, 2.75) is 43.7 Å². The van der Waals surface area contributed by atoms with Gasteiger partial charge in [-0.3, -0.25) is 0 Å². The summed E-state index contributed by atoms with van der Waals surface area (Å²) in [7, 11) is -2.43. The van der Waals surface area contributed by atoms with Crippen LogP contribution in [0.25, 0.3) is 0 Å². The fraction of sp³-hybridized carbons (Fsp3) is 0.524. The van der Waals surface area contributed by atoms with Crippen LogP contribution in [-0.2, 0) is 22.6 Å². The first kappa shape index (κ1) is 24.3. The van der Waals surface area contributed by atoms with E-state index in [9.17, 15) is 26.7 Å². The molecule has 2 atom stereocenters. The number of aliphatic hydroxyl groups is 1. The van der Waals surface area contributed by atoms with Gasteiger partial charge < -0.3 is 25.0 Å². The van der Waals surface area contributed by atoms with Crippen molar-refractivity contribution in [2.24, 2.45) is 5.92 Å². The SMILES string of the molecule is COc1nc(N2CCN3c4cc(S(C)(=O)=O)c(CO)cc4N[C@H]3C2C(C)C)ncc1C(F)(F)F. The first-order valence-corrected chi connectivity index (χ1v) is 12.5. The number of fused-ring (bicyclic) bond motifs is 3. The number of aliphatic hydroxyl groups excluding tert-OH is 1. The molecule has 1 unspecified atom stereocenters. The minimum absolute atomic E-state index is 0.0261. The van der Waals surface area contributed by atoms with Crippen molar-refractivity contribution in [3.05, 3.63) is 29.5 Å². The van der Waals surface area contributed by atoms with Gasteiger partial charge in [-0.15, -0.1) is 0 Å². The van der Waals surface area contributed by atoms with E-state index in [0.29, 0.717) is 30.0 Å². The number of halogens is 3. The molecule has 2 aromatic rings. The van der Waals surface area contributed by atoms with Gasteiger partial charge in [-0.1, -0.05) is 13.8 Å². The number of anilines is 3. The van der Waals surface area contributed by atoms with E-state index in [4.69, 9.17) is 4.74 Å². The Kier molecular flexibility index (Phi) is 6.05. The number of aromatic nitrogens is 2. The Balaban J connectivity index is 1.73. The predicted molar refractivity (Wildman–Crippen MR) is 120 cm³/mol. The number of piperazine rings is 1. The van der Waals surface area contributed by atoms with Gasteiger partial charge in [-0.05, 0) is 23.6 Å². The highest BCUT2D eigenvalue weighted by molar-refractivity contribution is 7.90. The lowest BCUT2D eigenvalue weighted by atomic mass is 9.96. The van der Waals surface area contributed by atoms with E-state index < -0.39 is 34.1 Å². The highest BCUT2D eigenvalue weighted by Crippen LogP contribution is 2.43. The molecular weight excluding hydrogens is 475 g/mol. The van der Waals surface area contributed by atoms with Crippen LogP contribution in [0.4, 0.5) is 30.5 Å². The summed E-state index contributed by atoms with van der Waals surface area (Å²) in [6.45, 7) is 4.37. The van der Waals surface area contributed by atoms with Crippen molar-refractivity contribution in [1.82, 2.24) is 9.97 Å². The van der Waals surface area contributed by atoms with Gasteiger partial charge in [0, 0.05) is 25.5 Å². The van der Waals surface area contributed by atoms with Gasteiger partial charge >= 0.3 is 6.18 Å². The molecule has 2 N–H and O–H groups in total. The Hall–Kier alpha value is -2.80. The topological polar surface area (TPSA) is 108 Å². The zero-order valence-corrected chi connectivity index (χ0v) is 19.9. The van der Waals surface area contributed by atoms with Crippen molar-refractivity contribution >= 4 is 27.2 Å². The van der Waals surface area contributed by atoms with E-state index in [2.05, 4.69) is 15.3 Å². The van der Waals surface area contributed by atoms with Crippen molar-refractivity contribution in [3.63, 3.8) is 0 Å². The van der Waals surface area contributed by atoms with Crippen LogP contribution in [0.15, 0.2) is 23.2 Å². The fourth-order valence-electron chi connectivity index (χ4n) is 4.69. The third-order valence-electron chi connectivity index (χ3n) is 6.14. The minimum Gasteiger partial charge on any atom is -0.480 e. The Morgan fingerprint density at radius 3 is 2.50 bits per heavy atom. The molecular formula is C21H26F3N5O4S. The number of hydrogen-bond donors (Lipinski definition) is 2. The summed E-state index contributed by atoms with van der Waals surface area (Å²) in [5.74, 6) is -0.400. The molecule has 0 spiro atoms. The summed E-state index contributed by atoms with van der Waals surface area (Å²) in [5, 5.41) is 13.1. The zero-order valence-electron chi connectivity index (χ0n) is 19.1. The van der Waals surface area contributed by atoms with Gasteiger partial charge in [0.1, 0.15) is 11.7 Å². The molecule has 2 aliphatic rings. The summed E-state index contributed by atoms with van der Waals surface area (Å²) >= 11 is 0. The number of rotatable bonds is 5. The molecule has 1 aromatic heterocycles. The maximum Gasteiger partial charge on any atom is 0.423 e. The van der Waals surface area contributed by atoms with Crippen LogP contribution in [0, 0.1) is 5.92 Å². The van der Waals surface area contributed by atoms with Crippen LogP contribution < -0.4 is 19.9 Å². The number of alkyl halides is 3. The molecule has 1 saturated heterocycles. The van der Waals surface area contributed by atoms with Crippen LogP contribution in [0.1, 0.15) is 25.0 Å². The lowest BCUT2D eigenvalue weighted by molar-refractivity contribution is -0.139. The second-order valence-corrected chi connectivity index (χ2v) is 10.7. The van der Waals surface area contributed by atoms with Crippen LogP contribution in [0.2, 0.25) is 0 Å². The van der Waals surface area contributed by atoms with Crippen molar-refractivity contribution in [2.75, 3.05) is 41.6 Å². The second kappa shape index (κ2) is 8.45. The number of hydrogen-bond acceptors (Lipinski definition) is 9. The minimum atomic E-state index is -4.64. The van der Waals surface area contributed by atoms with Crippen molar-refractivity contribution in [1.29, 1.82) is 0 Å². The molecule has 0 aliphatic carbocycles. The summed E-state index contributed by atoms with van der Waals surface area (Å²) in [6.07, 6.45) is -3.14. The van der Waals surface area contributed by atoms with Crippen LogP contribution in [0.5, 0.6) is 5.88 Å². The average molecular weight is 502 g/mol. The normalized spacial score (nSPS) is 20.3.